The lowest BCUT2D eigenvalue weighted by atomic mass is 10.2. The minimum absolute atomic E-state index is 0.0211. The molecule has 0 bridgehead atoms. The lowest BCUT2D eigenvalue weighted by Crippen LogP contribution is -2.35. The van der Waals surface area contributed by atoms with Gasteiger partial charge >= 0.3 is 0 Å². The van der Waals surface area contributed by atoms with E-state index in [0.717, 1.165) is 11.0 Å². The fourth-order valence-corrected chi connectivity index (χ4v) is 3.57. The second kappa shape index (κ2) is 9.09. The van der Waals surface area contributed by atoms with Crippen LogP contribution in [0.4, 0.5) is 0 Å². The number of nitrogens with one attached hydrogen (secondary N) is 1. The Morgan fingerprint density at radius 3 is 2.55 bits per heavy atom. The number of amides is 2. The lowest BCUT2D eigenvalue weighted by molar-refractivity contribution is -0.131. The quantitative estimate of drug-likeness (QED) is 0.636. The number of fused-ring (bicyclic) bond motifs is 1. The van der Waals surface area contributed by atoms with Crippen LogP contribution in [0.3, 0.4) is 0 Å². The Balaban J connectivity index is 1.91. The molecule has 1 atom stereocenters. The van der Waals surface area contributed by atoms with Gasteiger partial charge < -0.3 is 14.8 Å². The first-order chi connectivity index (χ1) is 13.9. The Hall–Kier alpha value is -2.86. The van der Waals surface area contributed by atoms with Gasteiger partial charge in [-0.25, -0.2) is 4.98 Å². The second-order valence-corrected chi connectivity index (χ2v) is 7.25. The van der Waals surface area contributed by atoms with E-state index in [-0.39, 0.29) is 18.4 Å². The van der Waals surface area contributed by atoms with Crippen LogP contribution >= 0.6 is 11.6 Å². The smallest absolute Gasteiger partial charge is 0.251 e. The van der Waals surface area contributed by atoms with Crippen LogP contribution in [-0.4, -0.2) is 39.4 Å². The molecule has 0 spiro atoms. The van der Waals surface area contributed by atoms with E-state index in [1.807, 2.05) is 49.6 Å². The summed E-state index contributed by atoms with van der Waals surface area (Å²) < 4.78 is 1.89. The highest BCUT2D eigenvalue weighted by atomic mass is 35.5. The van der Waals surface area contributed by atoms with Crippen molar-refractivity contribution in [1.82, 2.24) is 19.8 Å². The molecule has 0 fully saturated rings. The average molecular weight is 413 g/mol. The lowest BCUT2D eigenvalue weighted by Gasteiger charge is -2.21. The minimum atomic E-state index is -0.390. The molecule has 7 heteroatoms. The van der Waals surface area contributed by atoms with Crippen LogP contribution in [0.25, 0.3) is 11.0 Å². The number of aromatic nitrogens is 2. The molecule has 2 amide bonds. The molecule has 1 heterocycles. The molecular formula is C22H25ClN4O2. The van der Waals surface area contributed by atoms with Crippen LogP contribution in [0.15, 0.2) is 48.5 Å². The Bertz CT molecular complexity index is 1030. The summed E-state index contributed by atoms with van der Waals surface area (Å²) in [5.41, 5.74) is 2.14. The van der Waals surface area contributed by atoms with Crippen molar-refractivity contribution in [2.75, 3.05) is 13.1 Å². The molecular weight excluding hydrogens is 388 g/mol. The van der Waals surface area contributed by atoms with E-state index in [4.69, 9.17) is 16.6 Å². The van der Waals surface area contributed by atoms with Crippen molar-refractivity contribution in [3.63, 3.8) is 0 Å². The molecule has 1 N–H and O–H groups in total. The zero-order chi connectivity index (χ0) is 21.0. The first-order valence-electron chi connectivity index (χ1n) is 9.74. The van der Waals surface area contributed by atoms with Crippen LogP contribution in [0, 0.1) is 0 Å². The highest BCUT2D eigenvalue weighted by Crippen LogP contribution is 2.22. The number of rotatable bonds is 7. The molecule has 3 aromatic rings. The van der Waals surface area contributed by atoms with Crippen molar-refractivity contribution in [3.8, 4) is 0 Å². The van der Waals surface area contributed by atoms with E-state index in [1.54, 1.807) is 29.2 Å². The van der Waals surface area contributed by atoms with Gasteiger partial charge in [-0.05, 0) is 51.1 Å². The van der Waals surface area contributed by atoms with Crippen LogP contribution in [0.1, 0.15) is 43.0 Å². The summed E-state index contributed by atoms with van der Waals surface area (Å²) >= 11 is 6.00. The average Bonchev–Trinajstić information content (AvgIpc) is 3.07. The van der Waals surface area contributed by atoms with Crippen molar-refractivity contribution < 1.29 is 9.59 Å². The number of carbonyl (C=O) groups excluding carboxylic acids is 2. The topological polar surface area (TPSA) is 67.2 Å². The molecule has 1 aromatic heterocycles. The second-order valence-electron chi connectivity index (χ2n) is 6.82. The number of likely N-dealkylation sites (N-methyl/N-ethyl adjacent to an activating group) is 1. The highest BCUT2D eigenvalue weighted by molar-refractivity contribution is 6.30. The summed E-state index contributed by atoms with van der Waals surface area (Å²) in [4.78, 5) is 31.9. The summed E-state index contributed by atoms with van der Waals surface area (Å²) in [6, 6.07) is 14.1. The molecule has 1 unspecified atom stereocenters. The Morgan fingerprint density at radius 1 is 1.14 bits per heavy atom. The number of nitrogens with zero attached hydrogens (tertiary/aromatic N) is 3. The molecule has 0 aliphatic heterocycles. The van der Waals surface area contributed by atoms with Gasteiger partial charge in [0, 0.05) is 23.7 Å². The van der Waals surface area contributed by atoms with E-state index in [2.05, 4.69) is 5.32 Å². The molecule has 29 heavy (non-hydrogen) atoms. The van der Waals surface area contributed by atoms with Gasteiger partial charge in [0.15, 0.2) is 0 Å². The predicted octanol–water partition coefficient (Wildman–Crippen LogP) is 4.05. The van der Waals surface area contributed by atoms with E-state index in [1.165, 1.54) is 0 Å². The van der Waals surface area contributed by atoms with Gasteiger partial charge in [0.05, 0.1) is 17.1 Å². The zero-order valence-corrected chi connectivity index (χ0v) is 17.6. The fourth-order valence-electron chi connectivity index (χ4n) is 3.38. The highest BCUT2D eigenvalue weighted by Gasteiger charge is 2.21. The molecule has 0 radical (unpaired) electrons. The number of hydrogen-bond acceptors (Lipinski definition) is 3. The number of benzene rings is 2. The van der Waals surface area contributed by atoms with Gasteiger partial charge in [-0.2, -0.15) is 0 Å². The molecule has 6 nitrogen and oxygen atoms in total. The van der Waals surface area contributed by atoms with Gasteiger partial charge in [-0.3, -0.25) is 9.59 Å². The third-order valence-electron chi connectivity index (χ3n) is 4.92. The summed E-state index contributed by atoms with van der Waals surface area (Å²) in [5.74, 6) is 0.420. The Kier molecular flexibility index (Phi) is 6.54. The molecule has 0 saturated carbocycles. The normalized spacial score (nSPS) is 12.0. The van der Waals surface area contributed by atoms with Gasteiger partial charge in [-0.1, -0.05) is 29.8 Å². The van der Waals surface area contributed by atoms with Crippen molar-refractivity contribution in [1.29, 1.82) is 0 Å². The van der Waals surface area contributed by atoms with Crippen molar-refractivity contribution in [2.24, 2.45) is 0 Å². The van der Waals surface area contributed by atoms with Gasteiger partial charge in [0.1, 0.15) is 12.4 Å². The maximum atomic E-state index is 12.7. The molecule has 0 aliphatic rings. The van der Waals surface area contributed by atoms with Crippen LogP contribution < -0.4 is 5.32 Å². The van der Waals surface area contributed by atoms with E-state index >= 15 is 0 Å². The van der Waals surface area contributed by atoms with Crippen molar-refractivity contribution in [2.45, 2.75) is 33.4 Å². The maximum absolute atomic E-state index is 12.7. The summed E-state index contributed by atoms with van der Waals surface area (Å²) in [7, 11) is 0. The van der Waals surface area contributed by atoms with E-state index in [0.29, 0.717) is 29.5 Å². The molecule has 152 valence electrons. The third-order valence-corrected chi connectivity index (χ3v) is 5.15. The van der Waals surface area contributed by atoms with Crippen molar-refractivity contribution >= 4 is 34.4 Å². The van der Waals surface area contributed by atoms with Gasteiger partial charge in [0.2, 0.25) is 5.91 Å². The van der Waals surface area contributed by atoms with Crippen LogP contribution in [-0.2, 0) is 11.3 Å². The first kappa shape index (κ1) is 20.9. The molecule has 2 aromatic carbocycles. The number of hydrogen-bond donors (Lipinski definition) is 1. The molecule has 0 saturated heterocycles. The SMILES string of the molecule is CCN(CC)C(=O)Cn1c(C(C)NC(=O)c2cccc(Cl)c2)nc2ccccc21. The summed E-state index contributed by atoms with van der Waals surface area (Å²) in [6.45, 7) is 7.26. The number of carbonyl (C=O) groups is 2. The van der Waals surface area contributed by atoms with E-state index < -0.39 is 6.04 Å². The van der Waals surface area contributed by atoms with Gasteiger partial charge in [-0.15, -0.1) is 0 Å². The summed E-state index contributed by atoms with van der Waals surface area (Å²) in [5, 5.41) is 3.47. The summed E-state index contributed by atoms with van der Waals surface area (Å²) in [6.07, 6.45) is 0. The van der Waals surface area contributed by atoms with Crippen LogP contribution in [0.2, 0.25) is 5.02 Å². The van der Waals surface area contributed by atoms with Gasteiger partial charge in [0.25, 0.3) is 5.91 Å². The number of para-hydroxylation sites is 2. The zero-order valence-electron chi connectivity index (χ0n) is 16.9. The number of halogens is 1. The molecule has 3 rings (SSSR count). The third kappa shape index (κ3) is 4.59. The fraction of sp³-hybridized carbons (Fsp3) is 0.318. The standard InChI is InChI=1S/C22H25ClN4O2/c1-4-26(5-2)20(28)14-27-19-12-7-6-11-18(19)25-21(27)15(3)24-22(29)16-9-8-10-17(23)13-16/h6-13,15H,4-5,14H2,1-3H3,(H,24,29). The predicted molar refractivity (Wildman–Crippen MR) is 115 cm³/mol. The minimum Gasteiger partial charge on any atom is -0.342 e. The Labute approximate surface area is 175 Å². The number of imidazole rings is 1. The Morgan fingerprint density at radius 2 is 1.86 bits per heavy atom. The van der Waals surface area contributed by atoms with Crippen LogP contribution in [0.5, 0.6) is 0 Å². The molecule has 0 aliphatic carbocycles. The van der Waals surface area contributed by atoms with Crippen molar-refractivity contribution in [3.05, 3.63) is 64.9 Å². The van der Waals surface area contributed by atoms with E-state index in [9.17, 15) is 9.59 Å². The largest absolute Gasteiger partial charge is 0.342 e. The maximum Gasteiger partial charge on any atom is 0.251 e. The monoisotopic (exact) mass is 412 g/mol. The first-order valence-corrected chi connectivity index (χ1v) is 10.1.